The molecule has 0 bridgehead atoms. The van der Waals surface area contributed by atoms with Crippen molar-refractivity contribution >= 4 is 6.29 Å². The van der Waals surface area contributed by atoms with Crippen molar-refractivity contribution < 1.29 is 9.18 Å². The molecule has 0 aliphatic rings. The van der Waals surface area contributed by atoms with Gasteiger partial charge in [-0.1, -0.05) is 6.07 Å². The van der Waals surface area contributed by atoms with Gasteiger partial charge in [0, 0.05) is 12.6 Å². The van der Waals surface area contributed by atoms with Crippen LogP contribution < -0.4 is 0 Å². The van der Waals surface area contributed by atoms with Crippen LogP contribution in [0.3, 0.4) is 0 Å². The predicted molar refractivity (Wildman–Crippen MR) is 51.8 cm³/mol. The van der Waals surface area contributed by atoms with E-state index in [1.165, 1.54) is 18.5 Å². The van der Waals surface area contributed by atoms with Crippen molar-refractivity contribution in [3.63, 3.8) is 0 Å². The molecule has 0 spiro atoms. The maximum atomic E-state index is 13.5. The van der Waals surface area contributed by atoms with Gasteiger partial charge in [0.25, 0.3) is 0 Å². The molecule has 0 unspecified atom stereocenters. The molecule has 1 aromatic carbocycles. The van der Waals surface area contributed by atoms with Crippen molar-refractivity contribution in [3.8, 4) is 11.4 Å². The maximum absolute atomic E-state index is 13.5. The second-order valence-electron chi connectivity index (χ2n) is 3.12. The average molecular weight is 205 g/mol. The van der Waals surface area contributed by atoms with Crippen LogP contribution in [0.15, 0.2) is 24.5 Å². The number of aldehydes is 1. The third-order valence-corrected chi connectivity index (χ3v) is 2.08. The molecule has 0 aliphatic carbocycles. The maximum Gasteiger partial charge on any atom is 0.166 e. The number of hydrogen-bond donors (Lipinski definition) is 0. The van der Waals surface area contributed by atoms with E-state index in [0.29, 0.717) is 23.2 Å². The first-order valence-electron chi connectivity index (χ1n) is 4.31. The molecular formula is C10H8FN3O. The van der Waals surface area contributed by atoms with Gasteiger partial charge in [-0.2, -0.15) is 0 Å². The molecule has 0 aliphatic heterocycles. The smallest absolute Gasteiger partial charge is 0.166 e. The van der Waals surface area contributed by atoms with Gasteiger partial charge in [0.2, 0.25) is 0 Å². The van der Waals surface area contributed by atoms with E-state index in [0.717, 1.165) is 0 Å². The Hall–Kier alpha value is -2.04. The van der Waals surface area contributed by atoms with Gasteiger partial charge in [-0.3, -0.25) is 4.79 Å². The molecule has 5 heteroatoms. The van der Waals surface area contributed by atoms with E-state index < -0.39 is 5.82 Å². The number of benzene rings is 1. The molecular weight excluding hydrogens is 197 g/mol. The number of aromatic nitrogens is 3. The normalized spacial score (nSPS) is 10.3. The molecule has 2 aromatic rings. The van der Waals surface area contributed by atoms with E-state index in [1.807, 2.05) is 0 Å². The highest BCUT2D eigenvalue weighted by molar-refractivity contribution is 5.76. The zero-order valence-corrected chi connectivity index (χ0v) is 8.01. The van der Waals surface area contributed by atoms with E-state index in [-0.39, 0.29) is 0 Å². The Balaban J connectivity index is 2.55. The van der Waals surface area contributed by atoms with Crippen LogP contribution in [0.25, 0.3) is 11.4 Å². The highest BCUT2D eigenvalue weighted by Gasteiger charge is 2.10. The molecule has 4 nitrogen and oxygen atoms in total. The van der Waals surface area contributed by atoms with Crippen LogP contribution in [0.5, 0.6) is 0 Å². The van der Waals surface area contributed by atoms with Gasteiger partial charge in [-0.25, -0.2) is 4.39 Å². The fraction of sp³-hybridized carbons (Fsp3) is 0.100. The molecule has 0 radical (unpaired) electrons. The van der Waals surface area contributed by atoms with Crippen LogP contribution in [0, 0.1) is 5.82 Å². The summed E-state index contributed by atoms with van der Waals surface area (Å²) >= 11 is 0. The topological polar surface area (TPSA) is 47.8 Å². The number of carbonyl (C=O) groups is 1. The molecule has 1 heterocycles. The highest BCUT2D eigenvalue weighted by atomic mass is 19.1. The van der Waals surface area contributed by atoms with Gasteiger partial charge in [0.1, 0.15) is 18.4 Å². The van der Waals surface area contributed by atoms with Crippen molar-refractivity contribution in [3.05, 3.63) is 35.9 Å². The average Bonchev–Trinajstić information content (AvgIpc) is 2.64. The molecule has 1 aromatic heterocycles. The Labute approximate surface area is 85.4 Å². The predicted octanol–water partition coefficient (Wildman–Crippen LogP) is 1.43. The SMILES string of the molecule is Cn1cnnc1-c1ccc(C=O)cc1F. The Morgan fingerprint density at radius 3 is 2.80 bits per heavy atom. The van der Waals surface area contributed by atoms with E-state index in [4.69, 9.17) is 0 Å². The summed E-state index contributed by atoms with van der Waals surface area (Å²) in [5.41, 5.74) is 0.638. The van der Waals surface area contributed by atoms with Gasteiger partial charge >= 0.3 is 0 Å². The second kappa shape index (κ2) is 3.61. The minimum absolute atomic E-state index is 0.304. The first-order chi connectivity index (χ1) is 7.22. The number of aryl methyl sites for hydroxylation is 1. The first kappa shape index (κ1) is 9.51. The third-order valence-electron chi connectivity index (χ3n) is 2.08. The molecule has 2 rings (SSSR count). The standard InChI is InChI=1S/C10H8FN3O/c1-14-6-12-13-10(14)8-3-2-7(5-15)4-9(8)11/h2-6H,1H3. The zero-order chi connectivity index (χ0) is 10.8. The van der Waals surface area contributed by atoms with Crippen LogP contribution in [0.1, 0.15) is 10.4 Å². The summed E-state index contributed by atoms with van der Waals surface area (Å²) in [5, 5.41) is 7.45. The molecule has 0 saturated heterocycles. The van der Waals surface area contributed by atoms with Crippen LogP contribution in [0.2, 0.25) is 0 Å². The summed E-state index contributed by atoms with van der Waals surface area (Å²) in [6, 6.07) is 4.24. The van der Waals surface area contributed by atoms with E-state index >= 15 is 0 Å². The highest BCUT2D eigenvalue weighted by Crippen LogP contribution is 2.20. The minimum atomic E-state index is -0.476. The molecule has 0 N–H and O–H groups in total. The third kappa shape index (κ3) is 1.63. The van der Waals surface area contributed by atoms with Crippen molar-refractivity contribution in [2.24, 2.45) is 7.05 Å². The monoisotopic (exact) mass is 205 g/mol. The summed E-state index contributed by atoms with van der Waals surface area (Å²) in [4.78, 5) is 10.4. The Morgan fingerprint density at radius 1 is 1.47 bits per heavy atom. The second-order valence-corrected chi connectivity index (χ2v) is 3.12. The fourth-order valence-corrected chi connectivity index (χ4v) is 1.31. The van der Waals surface area contributed by atoms with E-state index in [2.05, 4.69) is 10.2 Å². The Morgan fingerprint density at radius 2 is 2.27 bits per heavy atom. The molecule has 0 saturated carbocycles. The number of hydrogen-bond acceptors (Lipinski definition) is 3. The number of carbonyl (C=O) groups excluding carboxylic acids is 1. The lowest BCUT2D eigenvalue weighted by Gasteiger charge is -2.02. The molecule has 0 amide bonds. The zero-order valence-electron chi connectivity index (χ0n) is 8.01. The first-order valence-corrected chi connectivity index (χ1v) is 4.31. The van der Waals surface area contributed by atoms with E-state index in [9.17, 15) is 9.18 Å². The van der Waals surface area contributed by atoms with Crippen LogP contribution in [-0.4, -0.2) is 21.1 Å². The van der Waals surface area contributed by atoms with Crippen molar-refractivity contribution in [2.75, 3.05) is 0 Å². The number of halogens is 1. The van der Waals surface area contributed by atoms with Crippen LogP contribution in [-0.2, 0) is 7.05 Å². The Kier molecular flexibility index (Phi) is 2.29. The summed E-state index contributed by atoms with van der Waals surface area (Å²) in [5.74, 6) is -0.0411. The van der Waals surface area contributed by atoms with Gasteiger partial charge in [0.15, 0.2) is 5.82 Å². The van der Waals surface area contributed by atoms with Crippen molar-refractivity contribution in [1.82, 2.24) is 14.8 Å². The lowest BCUT2D eigenvalue weighted by molar-refractivity contribution is 0.112. The van der Waals surface area contributed by atoms with Gasteiger partial charge in [-0.05, 0) is 12.1 Å². The number of nitrogens with zero attached hydrogens (tertiary/aromatic N) is 3. The summed E-state index contributed by atoms with van der Waals surface area (Å²) in [6.07, 6.45) is 2.09. The molecule has 0 atom stereocenters. The van der Waals surface area contributed by atoms with Crippen molar-refractivity contribution in [1.29, 1.82) is 0 Å². The molecule has 15 heavy (non-hydrogen) atoms. The largest absolute Gasteiger partial charge is 0.317 e. The number of rotatable bonds is 2. The van der Waals surface area contributed by atoms with Crippen LogP contribution in [0.4, 0.5) is 4.39 Å². The summed E-state index contributed by atoms with van der Waals surface area (Å²) in [7, 11) is 1.72. The molecule has 0 fully saturated rings. The summed E-state index contributed by atoms with van der Waals surface area (Å²) in [6.45, 7) is 0. The quantitative estimate of drug-likeness (QED) is 0.697. The summed E-state index contributed by atoms with van der Waals surface area (Å²) < 4.78 is 15.2. The van der Waals surface area contributed by atoms with E-state index in [1.54, 1.807) is 17.7 Å². The van der Waals surface area contributed by atoms with Gasteiger partial charge in [-0.15, -0.1) is 10.2 Å². The lowest BCUT2D eigenvalue weighted by Crippen LogP contribution is -1.95. The minimum Gasteiger partial charge on any atom is -0.317 e. The molecule has 76 valence electrons. The lowest BCUT2D eigenvalue weighted by atomic mass is 10.1. The Bertz CT molecular complexity index is 507. The van der Waals surface area contributed by atoms with Crippen LogP contribution >= 0.6 is 0 Å². The fourth-order valence-electron chi connectivity index (χ4n) is 1.31. The van der Waals surface area contributed by atoms with Gasteiger partial charge in [0.05, 0.1) is 5.56 Å². The van der Waals surface area contributed by atoms with Gasteiger partial charge < -0.3 is 4.57 Å². The van der Waals surface area contributed by atoms with Crippen molar-refractivity contribution in [2.45, 2.75) is 0 Å².